The summed E-state index contributed by atoms with van der Waals surface area (Å²) in [6.07, 6.45) is 5.11. The molecule has 24 heavy (non-hydrogen) atoms. The Morgan fingerprint density at radius 2 is 1.50 bits per heavy atom. The third kappa shape index (κ3) is 8.45. The van der Waals surface area contributed by atoms with Crippen molar-refractivity contribution in [3.05, 3.63) is 0 Å². The van der Waals surface area contributed by atoms with Crippen molar-refractivity contribution >= 4 is 5.97 Å². The van der Waals surface area contributed by atoms with Gasteiger partial charge in [0.2, 0.25) is 0 Å². The fourth-order valence-corrected chi connectivity index (χ4v) is 2.68. The van der Waals surface area contributed by atoms with Crippen molar-refractivity contribution in [1.82, 2.24) is 14.9 Å². The largest absolute Gasteiger partial charge is 0.367 e. The van der Waals surface area contributed by atoms with Gasteiger partial charge >= 0.3 is 5.97 Å². The maximum atomic E-state index is 11.9. The smallest absolute Gasteiger partial charge is 0.330 e. The minimum Gasteiger partial charge on any atom is -0.367 e. The summed E-state index contributed by atoms with van der Waals surface area (Å²) in [5.74, 6) is -0.138. The maximum absolute atomic E-state index is 11.9. The molecule has 0 saturated carbocycles. The van der Waals surface area contributed by atoms with E-state index in [1.165, 1.54) is 38.8 Å². The molecule has 1 heterocycles. The summed E-state index contributed by atoms with van der Waals surface area (Å²) in [5.41, 5.74) is -0.434. The van der Waals surface area contributed by atoms with Crippen LogP contribution in [0.25, 0.3) is 0 Å². The number of carbonyl (C=O) groups is 1. The fourth-order valence-electron chi connectivity index (χ4n) is 2.68. The zero-order chi connectivity index (χ0) is 18.0. The first-order valence-corrected chi connectivity index (χ1v) is 9.78. The number of carbonyl (C=O) groups excluding carboxylic acids is 1. The van der Waals surface area contributed by atoms with Crippen molar-refractivity contribution in [1.29, 1.82) is 0 Å². The van der Waals surface area contributed by atoms with Crippen LogP contribution in [0.2, 0.25) is 0 Å². The molecule has 1 aliphatic rings. The van der Waals surface area contributed by atoms with E-state index < -0.39 is 5.41 Å². The van der Waals surface area contributed by atoms with Gasteiger partial charge in [-0.2, -0.15) is 0 Å². The van der Waals surface area contributed by atoms with E-state index in [2.05, 4.69) is 23.6 Å². The van der Waals surface area contributed by atoms with Gasteiger partial charge in [0.15, 0.2) is 0 Å². The summed E-state index contributed by atoms with van der Waals surface area (Å²) < 4.78 is 0. The topological polar surface area (TPSA) is 36.0 Å². The molecule has 0 bridgehead atoms. The van der Waals surface area contributed by atoms with Gasteiger partial charge in [0.1, 0.15) is 0 Å². The Morgan fingerprint density at radius 3 is 1.96 bits per heavy atom. The summed E-state index contributed by atoms with van der Waals surface area (Å²) >= 11 is 0. The summed E-state index contributed by atoms with van der Waals surface area (Å²) in [6, 6.07) is 0. The number of nitrogens with zero attached hydrogens (tertiary/aromatic N) is 3. The standard InChI is InChI=1S/C19H39N3O2/c1-6-8-10-20(11-9-7-2)12-13-21-14-16-22(17-15-21)24-18(23)19(3,4)5/h6-17H2,1-5H3. The molecule has 0 unspecified atom stereocenters. The van der Waals surface area contributed by atoms with Crippen molar-refractivity contribution in [3.8, 4) is 0 Å². The lowest BCUT2D eigenvalue weighted by atomic mass is 9.98. The molecule has 1 aliphatic heterocycles. The molecule has 0 aliphatic carbocycles. The minimum atomic E-state index is -0.434. The summed E-state index contributed by atoms with van der Waals surface area (Å²) in [5, 5.41) is 1.83. The molecule has 5 nitrogen and oxygen atoms in total. The molecule has 0 aromatic carbocycles. The van der Waals surface area contributed by atoms with Crippen LogP contribution >= 0.6 is 0 Å². The predicted octanol–water partition coefficient (Wildman–Crippen LogP) is 3.01. The second-order valence-corrected chi connectivity index (χ2v) is 7.95. The highest BCUT2D eigenvalue weighted by Crippen LogP contribution is 2.16. The molecule has 142 valence electrons. The van der Waals surface area contributed by atoms with Crippen LogP contribution in [0.3, 0.4) is 0 Å². The molecule has 0 aromatic heterocycles. The highest BCUT2D eigenvalue weighted by Gasteiger charge is 2.27. The molecule has 0 radical (unpaired) electrons. The average Bonchev–Trinajstić information content (AvgIpc) is 2.54. The van der Waals surface area contributed by atoms with Crippen LogP contribution in [-0.2, 0) is 9.63 Å². The first-order valence-electron chi connectivity index (χ1n) is 9.78. The van der Waals surface area contributed by atoms with Crippen LogP contribution in [0.5, 0.6) is 0 Å². The number of piperazine rings is 1. The fraction of sp³-hybridized carbons (Fsp3) is 0.947. The third-order valence-corrected chi connectivity index (χ3v) is 4.54. The summed E-state index contributed by atoms with van der Waals surface area (Å²) in [6.45, 7) is 18.5. The highest BCUT2D eigenvalue weighted by molar-refractivity contribution is 5.75. The Balaban J connectivity index is 2.27. The van der Waals surface area contributed by atoms with E-state index in [0.29, 0.717) is 0 Å². The Labute approximate surface area is 149 Å². The second-order valence-electron chi connectivity index (χ2n) is 7.95. The van der Waals surface area contributed by atoms with E-state index in [4.69, 9.17) is 4.84 Å². The van der Waals surface area contributed by atoms with Crippen molar-refractivity contribution in [2.75, 3.05) is 52.4 Å². The zero-order valence-electron chi connectivity index (χ0n) is 16.6. The van der Waals surface area contributed by atoms with E-state index in [1.807, 2.05) is 25.8 Å². The van der Waals surface area contributed by atoms with Gasteiger partial charge in [-0.15, -0.1) is 5.06 Å². The summed E-state index contributed by atoms with van der Waals surface area (Å²) in [4.78, 5) is 22.5. The van der Waals surface area contributed by atoms with Crippen LogP contribution in [0.15, 0.2) is 0 Å². The molecule has 5 heteroatoms. The summed E-state index contributed by atoms with van der Waals surface area (Å²) in [7, 11) is 0. The molecule has 0 spiro atoms. The molecule has 0 N–H and O–H groups in total. The van der Waals surface area contributed by atoms with Crippen LogP contribution < -0.4 is 0 Å². The molecule has 0 atom stereocenters. The van der Waals surface area contributed by atoms with E-state index in [1.54, 1.807) is 0 Å². The maximum Gasteiger partial charge on any atom is 0.330 e. The van der Waals surface area contributed by atoms with E-state index in [0.717, 1.165) is 39.3 Å². The molecule has 0 aromatic rings. The molecule has 1 rings (SSSR count). The predicted molar refractivity (Wildman–Crippen MR) is 99.8 cm³/mol. The van der Waals surface area contributed by atoms with E-state index >= 15 is 0 Å². The second kappa shape index (κ2) is 11.1. The Morgan fingerprint density at radius 1 is 0.958 bits per heavy atom. The molecule has 0 amide bonds. The van der Waals surface area contributed by atoms with Gasteiger partial charge < -0.3 is 9.74 Å². The number of rotatable bonds is 10. The Kier molecular flexibility index (Phi) is 9.86. The van der Waals surface area contributed by atoms with Gasteiger partial charge in [-0.25, -0.2) is 4.79 Å². The van der Waals surface area contributed by atoms with Crippen LogP contribution in [0, 0.1) is 5.41 Å². The van der Waals surface area contributed by atoms with Gasteiger partial charge in [0.05, 0.1) is 5.41 Å². The van der Waals surface area contributed by atoms with Crippen LogP contribution in [-0.4, -0.2) is 73.2 Å². The van der Waals surface area contributed by atoms with Gasteiger partial charge in [-0.05, 0) is 46.7 Å². The van der Waals surface area contributed by atoms with E-state index in [-0.39, 0.29) is 5.97 Å². The number of unbranched alkanes of at least 4 members (excludes halogenated alkanes) is 2. The average molecular weight is 342 g/mol. The van der Waals surface area contributed by atoms with E-state index in [9.17, 15) is 4.79 Å². The van der Waals surface area contributed by atoms with Crippen molar-refractivity contribution < 1.29 is 9.63 Å². The molecule has 1 fully saturated rings. The van der Waals surface area contributed by atoms with Gasteiger partial charge in [-0.3, -0.25) is 4.90 Å². The highest BCUT2D eigenvalue weighted by atomic mass is 16.7. The minimum absolute atomic E-state index is 0.138. The number of hydroxylamine groups is 2. The van der Waals surface area contributed by atoms with Crippen molar-refractivity contribution in [3.63, 3.8) is 0 Å². The lowest BCUT2D eigenvalue weighted by Crippen LogP contribution is -2.49. The first-order chi connectivity index (χ1) is 11.4. The number of hydrogen-bond donors (Lipinski definition) is 0. The first kappa shape index (κ1) is 21.4. The number of hydrogen-bond acceptors (Lipinski definition) is 5. The molecular weight excluding hydrogens is 302 g/mol. The van der Waals surface area contributed by atoms with Crippen LogP contribution in [0.1, 0.15) is 60.3 Å². The lowest BCUT2D eigenvalue weighted by Gasteiger charge is -2.35. The van der Waals surface area contributed by atoms with Gasteiger partial charge in [0.25, 0.3) is 0 Å². The normalized spacial score (nSPS) is 17.4. The third-order valence-electron chi connectivity index (χ3n) is 4.54. The SMILES string of the molecule is CCCCN(CCCC)CCN1CCN(OC(=O)C(C)(C)C)CC1. The quantitative estimate of drug-likeness (QED) is 0.610. The van der Waals surface area contributed by atoms with Gasteiger partial charge in [0, 0.05) is 39.3 Å². The van der Waals surface area contributed by atoms with Gasteiger partial charge in [-0.1, -0.05) is 26.7 Å². The molecular formula is C19H39N3O2. The lowest BCUT2D eigenvalue weighted by molar-refractivity contribution is -0.206. The Bertz CT molecular complexity index is 339. The monoisotopic (exact) mass is 341 g/mol. The Hall–Kier alpha value is -0.650. The zero-order valence-corrected chi connectivity index (χ0v) is 16.6. The van der Waals surface area contributed by atoms with Crippen molar-refractivity contribution in [2.45, 2.75) is 60.3 Å². The van der Waals surface area contributed by atoms with Crippen LogP contribution in [0.4, 0.5) is 0 Å². The molecule has 1 saturated heterocycles. The van der Waals surface area contributed by atoms with Crippen molar-refractivity contribution in [2.24, 2.45) is 5.41 Å².